The molecule has 0 spiro atoms. The maximum atomic E-state index is 4.01. The van der Waals surface area contributed by atoms with Gasteiger partial charge in [0.05, 0.1) is 0 Å². The van der Waals surface area contributed by atoms with Crippen LogP contribution >= 0.6 is 0 Å². The Kier molecular flexibility index (Phi) is 8.47. The third-order valence-electron chi connectivity index (χ3n) is 4.29. The molecule has 0 N–H and O–H groups in total. The molecule has 21 heavy (non-hydrogen) atoms. The van der Waals surface area contributed by atoms with Crippen molar-refractivity contribution in [1.82, 2.24) is 0 Å². The van der Waals surface area contributed by atoms with Crippen molar-refractivity contribution >= 4 is 0 Å². The first kappa shape index (κ1) is 20.9. The van der Waals surface area contributed by atoms with Crippen molar-refractivity contribution < 1.29 is 48.0 Å². The van der Waals surface area contributed by atoms with Gasteiger partial charge in [-0.05, 0) is 0 Å². The van der Waals surface area contributed by atoms with Gasteiger partial charge in [-0.15, -0.1) is 0 Å². The van der Waals surface area contributed by atoms with Crippen LogP contribution < -0.4 is 24.8 Å². The van der Waals surface area contributed by atoms with Crippen LogP contribution in [0.15, 0.2) is 66.3 Å². The van der Waals surface area contributed by atoms with Crippen LogP contribution in [0.5, 0.6) is 0 Å². The van der Waals surface area contributed by atoms with E-state index in [0.29, 0.717) is 11.8 Å². The molecule has 112 valence electrons. The van der Waals surface area contributed by atoms with E-state index in [1.54, 1.807) is 6.56 Å². The number of halogens is 2. The third kappa shape index (κ3) is 4.01. The monoisotopic (exact) mass is 398 g/mol. The Morgan fingerprint density at radius 1 is 0.810 bits per heavy atom. The first-order chi connectivity index (χ1) is 8.99. The molecule has 0 nitrogen and oxygen atoms in total. The Morgan fingerprint density at radius 3 is 1.43 bits per heavy atom. The van der Waals surface area contributed by atoms with Crippen LogP contribution in [0.2, 0.25) is 0 Å². The fourth-order valence-corrected chi connectivity index (χ4v) is 7.16. The Bertz CT molecular complexity index is 512. The maximum absolute atomic E-state index is 4.01. The summed E-state index contributed by atoms with van der Waals surface area (Å²) in [7, 11) is 0. The van der Waals surface area contributed by atoms with Crippen LogP contribution in [0, 0.1) is 11.8 Å². The predicted octanol–water partition coefficient (Wildman–Crippen LogP) is -0.851. The topological polar surface area (TPSA) is 0 Å². The molecule has 0 aromatic heterocycles. The van der Waals surface area contributed by atoms with Crippen LogP contribution in [0.25, 0.3) is 0 Å². The van der Waals surface area contributed by atoms with E-state index < -0.39 is 23.2 Å². The summed E-state index contributed by atoms with van der Waals surface area (Å²) in [6.07, 6.45) is 8.94. The van der Waals surface area contributed by atoms with E-state index in [1.165, 1.54) is 22.3 Å². The number of allylic oxidation sites excluding steroid dienone is 10. The molecule has 3 heteroatoms. The van der Waals surface area contributed by atoms with Gasteiger partial charge in [-0.3, -0.25) is 0 Å². The normalized spacial score (nSPS) is 23.8. The van der Waals surface area contributed by atoms with Crippen molar-refractivity contribution in [3.05, 3.63) is 66.3 Å². The summed E-state index contributed by atoms with van der Waals surface area (Å²) in [6, 6.07) is 0. The molecule has 2 aliphatic rings. The van der Waals surface area contributed by atoms with E-state index in [-0.39, 0.29) is 24.8 Å². The van der Waals surface area contributed by atoms with Crippen molar-refractivity contribution in [1.29, 1.82) is 0 Å². The summed E-state index contributed by atoms with van der Waals surface area (Å²) in [6.45, 7) is 17.0. The molecule has 0 radical (unpaired) electrons. The van der Waals surface area contributed by atoms with Crippen molar-refractivity contribution in [2.45, 2.75) is 27.7 Å². The van der Waals surface area contributed by atoms with E-state index in [4.69, 9.17) is 0 Å². The van der Waals surface area contributed by atoms with Crippen molar-refractivity contribution in [2.75, 3.05) is 0 Å². The molecule has 0 bridgehead atoms. The fraction of sp³-hybridized carbons (Fsp3) is 0.333. The molecule has 0 aromatic rings. The van der Waals surface area contributed by atoms with Gasteiger partial charge in [-0.25, -0.2) is 0 Å². The first-order valence-corrected chi connectivity index (χ1v) is 9.26. The second-order valence-corrected chi connectivity index (χ2v) is 8.69. The Balaban J connectivity index is 0.00000200. The first-order valence-electron chi connectivity index (χ1n) is 6.80. The second kappa shape index (κ2) is 8.51. The molecule has 0 aliphatic heterocycles. The number of rotatable bonds is 4. The van der Waals surface area contributed by atoms with Gasteiger partial charge in [0.2, 0.25) is 0 Å². The zero-order chi connectivity index (χ0) is 14.2. The van der Waals surface area contributed by atoms with Crippen molar-refractivity contribution in [3.63, 3.8) is 0 Å². The molecule has 0 aromatic carbocycles. The average Bonchev–Trinajstić information content (AvgIpc) is 2.83. The molecule has 0 amide bonds. The van der Waals surface area contributed by atoms with Gasteiger partial charge in [-0.2, -0.15) is 0 Å². The molecule has 0 saturated heterocycles. The van der Waals surface area contributed by atoms with Crippen LogP contribution in [-0.4, -0.2) is 0 Å². The summed E-state index contributed by atoms with van der Waals surface area (Å²) < 4.78 is 3.36. The zero-order valence-electron chi connectivity index (χ0n) is 13.1. The van der Waals surface area contributed by atoms with E-state index >= 15 is 0 Å². The molecule has 0 heterocycles. The van der Waals surface area contributed by atoms with E-state index in [0.717, 1.165) is 0 Å². The summed E-state index contributed by atoms with van der Waals surface area (Å²) in [5.41, 5.74) is 5.92. The largest absolute Gasteiger partial charge is 1.00 e. The minimum absolute atomic E-state index is 0. The summed E-state index contributed by atoms with van der Waals surface area (Å²) in [4.78, 5) is 0. The van der Waals surface area contributed by atoms with Crippen LogP contribution in [-0.2, 0) is 23.2 Å². The van der Waals surface area contributed by atoms with Gasteiger partial charge in [0, 0.05) is 0 Å². The second-order valence-electron chi connectivity index (χ2n) is 5.42. The van der Waals surface area contributed by atoms with Gasteiger partial charge in [0.15, 0.2) is 0 Å². The molecule has 2 atom stereocenters. The smallest absolute Gasteiger partial charge is 1.00 e. The molecule has 0 fully saturated rings. The number of hydrogen-bond donors (Lipinski definition) is 0. The summed E-state index contributed by atoms with van der Waals surface area (Å²) in [5, 5.41) is 0. The van der Waals surface area contributed by atoms with Crippen LogP contribution in [0.3, 0.4) is 0 Å². The zero-order valence-corrected chi connectivity index (χ0v) is 17.1. The van der Waals surface area contributed by atoms with E-state index in [2.05, 4.69) is 65.2 Å². The van der Waals surface area contributed by atoms with Crippen molar-refractivity contribution in [3.8, 4) is 0 Å². The van der Waals surface area contributed by atoms with Crippen LogP contribution in [0.1, 0.15) is 27.7 Å². The molecule has 0 saturated carbocycles. The van der Waals surface area contributed by atoms with E-state index in [9.17, 15) is 0 Å². The Morgan fingerprint density at radius 2 is 1.14 bits per heavy atom. The molecule has 2 rings (SSSR count). The summed E-state index contributed by atoms with van der Waals surface area (Å²) >= 11 is -0.723. The Hall–Kier alpha value is -0.0969. The number of hydrogen-bond acceptors (Lipinski definition) is 0. The molecule has 2 aliphatic carbocycles. The fourth-order valence-electron chi connectivity index (χ4n) is 2.75. The Labute approximate surface area is 153 Å². The van der Waals surface area contributed by atoms with Crippen molar-refractivity contribution in [2.24, 2.45) is 11.8 Å². The van der Waals surface area contributed by atoms with Gasteiger partial charge in [0.1, 0.15) is 0 Å². The predicted molar refractivity (Wildman–Crippen MR) is 80.3 cm³/mol. The maximum Gasteiger partial charge on any atom is -1.00 e. The molecular weight excluding hydrogens is 378 g/mol. The molecule has 2 unspecified atom stereocenters. The quantitative estimate of drug-likeness (QED) is 0.540. The average molecular weight is 401 g/mol. The minimum Gasteiger partial charge on any atom is -1.00 e. The van der Waals surface area contributed by atoms with Gasteiger partial charge >= 0.3 is 129 Å². The summed E-state index contributed by atoms with van der Waals surface area (Å²) in [5.74, 6) is 0.969. The van der Waals surface area contributed by atoms with Gasteiger partial charge in [-0.1, -0.05) is 0 Å². The van der Waals surface area contributed by atoms with Crippen LogP contribution in [0.4, 0.5) is 0 Å². The molecular formula is C18H22Cl2Zr. The van der Waals surface area contributed by atoms with Gasteiger partial charge < -0.3 is 24.8 Å². The SMILES string of the molecule is C=CC1C=C(C)C(C)=[C]1[Zr+2][C]1=C(C)C(C)=CC1C=C.[Cl-].[Cl-]. The van der Waals surface area contributed by atoms with Gasteiger partial charge in [0.25, 0.3) is 0 Å². The minimum atomic E-state index is -0.723. The standard InChI is InChI=1S/2C9H11.2ClH.Zr/c2*1-4-9-5-7(2)8(3)6-9;;;/h2*4-5,9H,1H2,2-3H3;2*1H;/q;;;;+2/p-2. The third-order valence-corrected chi connectivity index (χ3v) is 9.10. The van der Waals surface area contributed by atoms with E-state index in [1.807, 2.05) is 0 Å².